The summed E-state index contributed by atoms with van der Waals surface area (Å²) in [5.41, 5.74) is 10.9. The third-order valence-electron chi connectivity index (χ3n) is 3.68. The largest absolute Gasteiger partial charge is 0.330 e. The van der Waals surface area contributed by atoms with E-state index in [9.17, 15) is 0 Å². The van der Waals surface area contributed by atoms with Gasteiger partial charge in [0.2, 0.25) is 0 Å². The lowest BCUT2D eigenvalue weighted by atomic mass is 9.94. The molecule has 1 heterocycles. The summed E-state index contributed by atoms with van der Waals surface area (Å²) in [6.07, 6.45) is 1.96. The molecule has 20 heavy (non-hydrogen) atoms. The predicted octanol–water partition coefficient (Wildman–Crippen LogP) is 3.16. The molecule has 0 amide bonds. The van der Waals surface area contributed by atoms with Gasteiger partial charge in [0.15, 0.2) is 0 Å². The number of aromatic nitrogens is 2. The van der Waals surface area contributed by atoms with E-state index in [1.54, 1.807) is 0 Å². The summed E-state index contributed by atoms with van der Waals surface area (Å²) >= 11 is 3.63. The molecule has 108 valence electrons. The van der Waals surface area contributed by atoms with Crippen molar-refractivity contribution < 1.29 is 0 Å². The average molecular weight is 336 g/mol. The molecule has 4 heteroatoms. The predicted molar refractivity (Wildman–Crippen MR) is 86.8 cm³/mol. The van der Waals surface area contributed by atoms with Gasteiger partial charge < -0.3 is 5.73 Å². The Morgan fingerprint density at radius 1 is 1.30 bits per heavy atom. The molecule has 0 bridgehead atoms. The van der Waals surface area contributed by atoms with Crippen molar-refractivity contribution in [3.05, 3.63) is 51.3 Å². The average Bonchev–Trinajstić information content (AvgIpc) is 2.64. The third-order valence-corrected chi connectivity index (χ3v) is 4.72. The topological polar surface area (TPSA) is 43.8 Å². The van der Waals surface area contributed by atoms with Crippen molar-refractivity contribution in [2.75, 3.05) is 6.54 Å². The summed E-state index contributed by atoms with van der Waals surface area (Å²) in [7, 11) is 1.99. The quantitative estimate of drug-likeness (QED) is 0.911. The fourth-order valence-electron chi connectivity index (χ4n) is 2.59. The summed E-state index contributed by atoms with van der Waals surface area (Å²) in [6, 6.07) is 8.66. The molecule has 0 aliphatic carbocycles. The van der Waals surface area contributed by atoms with Gasteiger partial charge in [0.05, 0.1) is 15.9 Å². The molecular weight excluding hydrogens is 314 g/mol. The second-order valence-electron chi connectivity index (χ2n) is 5.47. The van der Waals surface area contributed by atoms with Gasteiger partial charge in [0.1, 0.15) is 0 Å². The molecule has 1 unspecified atom stereocenters. The van der Waals surface area contributed by atoms with E-state index < -0.39 is 0 Å². The van der Waals surface area contributed by atoms with Gasteiger partial charge >= 0.3 is 0 Å². The highest BCUT2D eigenvalue weighted by Gasteiger charge is 2.16. The first-order chi connectivity index (χ1) is 9.51. The first-order valence-electron chi connectivity index (χ1n) is 6.94. The minimum atomic E-state index is 0.433. The molecule has 1 aromatic carbocycles. The number of halogens is 1. The SMILES string of the molecule is Cc1cccc(CC(CN)Cc2c(Br)c(C)nn2C)c1. The maximum Gasteiger partial charge on any atom is 0.0738 e. The Morgan fingerprint density at radius 3 is 2.60 bits per heavy atom. The molecule has 0 saturated heterocycles. The molecule has 0 aliphatic heterocycles. The highest BCUT2D eigenvalue weighted by Crippen LogP contribution is 2.24. The van der Waals surface area contributed by atoms with Crippen molar-refractivity contribution in [1.82, 2.24) is 9.78 Å². The molecule has 1 aromatic heterocycles. The highest BCUT2D eigenvalue weighted by atomic mass is 79.9. The van der Waals surface area contributed by atoms with Gasteiger partial charge in [-0.2, -0.15) is 5.10 Å². The third kappa shape index (κ3) is 3.49. The van der Waals surface area contributed by atoms with E-state index in [2.05, 4.69) is 52.2 Å². The highest BCUT2D eigenvalue weighted by molar-refractivity contribution is 9.10. The first-order valence-corrected chi connectivity index (χ1v) is 7.74. The Labute approximate surface area is 129 Å². The molecule has 0 spiro atoms. The zero-order chi connectivity index (χ0) is 14.7. The first kappa shape index (κ1) is 15.3. The van der Waals surface area contributed by atoms with E-state index in [0.717, 1.165) is 23.0 Å². The van der Waals surface area contributed by atoms with Gasteiger partial charge in [-0.25, -0.2) is 0 Å². The van der Waals surface area contributed by atoms with Crippen LogP contribution in [0.5, 0.6) is 0 Å². The van der Waals surface area contributed by atoms with E-state index in [1.807, 2.05) is 18.7 Å². The van der Waals surface area contributed by atoms with Crippen molar-refractivity contribution in [2.45, 2.75) is 26.7 Å². The van der Waals surface area contributed by atoms with Crippen LogP contribution in [0.1, 0.15) is 22.5 Å². The van der Waals surface area contributed by atoms with Crippen molar-refractivity contribution in [3.8, 4) is 0 Å². The molecule has 2 aromatic rings. The van der Waals surface area contributed by atoms with E-state index in [0.29, 0.717) is 12.5 Å². The van der Waals surface area contributed by atoms with Gasteiger partial charge in [-0.15, -0.1) is 0 Å². The smallest absolute Gasteiger partial charge is 0.0738 e. The van der Waals surface area contributed by atoms with Gasteiger partial charge in [-0.05, 0) is 60.6 Å². The summed E-state index contributed by atoms with van der Waals surface area (Å²) in [4.78, 5) is 0. The number of hydrogen-bond acceptors (Lipinski definition) is 2. The summed E-state index contributed by atoms with van der Waals surface area (Å²) in [6.45, 7) is 4.83. The van der Waals surface area contributed by atoms with Crippen LogP contribution in [0.15, 0.2) is 28.7 Å². The normalized spacial score (nSPS) is 12.7. The summed E-state index contributed by atoms with van der Waals surface area (Å²) in [5.74, 6) is 0.433. The fourth-order valence-corrected chi connectivity index (χ4v) is 3.08. The zero-order valence-electron chi connectivity index (χ0n) is 12.4. The Hall–Kier alpha value is -1.13. The van der Waals surface area contributed by atoms with E-state index in [-0.39, 0.29) is 0 Å². The van der Waals surface area contributed by atoms with Crippen LogP contribution in [0.25, 0.3) is 0 Å². The minimum Gasteiger partial charge on any atom is -0.330 e. The molecule has 1 atom stereocenters. The Bertz CT molecular complexity index is 589. The Morgan fingerprint density at radius 2 is 2.05 bits per heavy atom. The van der Waals surface area contributed by atoms with Crippen LogP contribution in [0.3, 0.4) is 0 Å². The molecule has 0 fully saturated rings. The van der Waals surface area contributed by atoms with Gasteiger partial charge in [-0.1, -0.05) is 29.8 Å². The van der Waals surface area contributed by atoms with Crippen molar-refractivity contribution in [1.29, 1.82) is 0 Å². The van der Waals surface area contributed by atoms with Gasteiger partial charge in [0, 0.05) is 7.05 Å². The van der Waals surface area contributed by atoms with Gasteiger partial charge in [-0.3, -0.25) is 4.68 Å². The minimum absolute atomic E-state index is 0.433. The van der Waals surface area contributed by atoms with Crippen LogP contribution in [0.2, 0.25) is 0 Å². The van der Waals surface area contributed by atoms with Crippen LogP contribution in [-0.4, -0.2) is 16.3 Å². The van der Waals surface area contributed by atoms with Crippen LogP contribution >= 0.6 is 15.9 Å². The molecule has 0 radical (unpaired) electrons. The van der Waals surface area contributed by atoms with E-state index >= 15 is 0 Å². The molecule has 2 N–H and O–H groups in total. The number of nitrogens with zero attached hydrogens (tertiary/aromatic N) is 2. The second kappa shape index (κ2) is 6.55. The lowest BCUT2D eigenvalue weighted by molar-refractivity contribution is 0.509. The van der Waals surface area contributed by atoms with Crippen molar-refractivity contribution >= 4 is 15.9 Å². The van der Waals surface area contributed by atoms with Gasteiger partial charge in [0.25, 0.3) is 0 Å². The molecule has 3 nitrogen and oxygen atoms in total. The lowest BCUT2D eigenvalue weighted by Crippen LogP contribution is -2.21. The molecular formula is C16H22BrN3. The van der Waals surface area contributed by atoms with E-state index in [1.165, 1.54) is 16.8 Å². The number of hydrogen-bond donors (Lipinski definition) is 1. The second-order valence-corrected chi connectivity index (χ2v) is 6.26. The standard InChI is InChI=1S/C16H22BrN3/c1-11-5-4-6-13(7-11)8-14(10-18)9-15-16(17)12(2)19-20(15)3/h4-7,14H,8-10,18H2,1-3H3. The Kier molecular flexibility index (Phi) is 5.00. The van der Waals surface area contributed by atoms with Crippen LogP contribution in [0, 0.1) is 19.8 Å². The number of nitrogens with two attached hydrogens (primary N) is 1. The van der Waals surface area contributed by atoms with Crippen LogP contribution in [-0.2, 0) is 19.9 Å². The maximum absolute atomic E-state index is 5.97. The monoisotopic (exact) mass is 335 g/mol. The van der Waals surface area contributed by atoms with Crippen LogP contribution < -0.4 is 5.73 Å². The summed E-state index contributed by atoms with van der Waals surface area (Å²) in [5, 5.41) is 4.45. The number of aryl methyl sites for hydroxylation is 3. The lowest BCUT2D eigenvalue weighted by Gasteiger charge is -2.15. The number of benzene rings is 1. The fraction of sp³-hybridized carbons (Fsp3) is 0.438. The maximum atomic E-state index is 5.97. The van der Waals surface area contributed by atoms with Crippen LogP contribution in [0.4, 0.5) is 0 Å². The van der Waals surface area contributed by atoms with E-state index in [4.69, 9.17) is 5.73 Å². The zero-order valence-corrected chi connectivity index (χ0v) is 13.9. The summed E-state index contributed by atoms with van der Waals surface area (Å²) < 4.78 is 3.07. The molecule has 2 rings (SSSR count). The Balaban J connectivity index is 2.13. The molecule has 0 aliphatic rings. The number of rotatable bonds is 5. The molecule has 0 saturated carbocycles. The van der Waals surface area contributed by atoms with Crippen molar-refractivity contribution in [3.63, 3.8) is 0 Å². The van der Waals surface area contributed by atoms with Crippen molar-refractivity contribution in [2.24, 2.45) is 18.7 Å².